The number of hydrogen-bond acceptors (Lipinski definition) is 3. The van der Waals surface area contributed by atoms with Crippen molar-refractivity contribution in [3.63, 3.8) is 0 Å². The number of nitrogens with zero attached hydrogens (tertiary/aromatic N) is 1. The Morgan fingerprint density at radius 3 is 2.44 bits per heavy atom. The van der Waals surface area contributed by atoms with E-state index >= 15 is 0 Å². The summed E-state index contributed by atoms with van der Waals surface area (Å²) in [5, 5.41) is 12.2. The minimum absolute atomic E-state index is 0.178. The first-order chi connectivity index (χ1) is 7.38. The number of hydrogen-bond donors (Lipinski definition) is 2. The van der Waals surface area contributed by atoms with Crippen LogP contribution in [0.4, 0.5) is 10.2 Å². The number of aliphatic hydroxyl groups is 1. The number of anilines is 1. The van der Waals surface area contributed by atoms with Crippen LogP contribution in [0.5, 0.6) is 0 Å². The lowest BCUT2D eigenvalue weighted by atomic mass is 10.1. The molecule has 3 nitrogen and oxygen atoms in total. The number of pyridine rings is 1. The van der Waals surface area contributed by atoms with Crippen LogP contribution >= 0.6 is 0 Å². The summed E-state index contributed by atoms with van der Waals surface area (Å²) < 4.78 is 13.2. The van der Waals surface area contributed by atoms with Crippen molar-refractivity contribution in [3.8, 4) is 0 Å². The monoisotopic (exact) mass is 228 g/mol. The van der Waals surface area contributed by atoms with Crippen LogP contribution in [0, 0.1) is 12.7 Å². The fourth-order valence-electron chi connectivity index (χ4n) is 0.964. The summed E-state index contributed by atoms with van der Waals surface area (Å²) >= 11 is 0. The normalized spacial score (nSPS) is 10.4. The van der Waals surface area contributed by atoms with Gasteiger partial charge in [-0.05, 0) is 32.4 Å². The number of rotatable bonds is 3. The molecule has 0 aliphatic heterocycles. The molecule has 16 heavy (non-hydrogen) atoms. The van der Waals surface area contributed by atoms with Crippen LogP contribution in [0.2, 0.25) is 0 Å². The SMILES string of the molecule is CC.Cc1cnc(NCC(C)(C)O)c(F)c1. The predicted molar refractivity (Wildman–Crippen MR) is 65.1 cm³/mol. The summed E-state index contributed by atoms with van der Waals surface area (Å²) in [7, 11) is 0. The lowest BCUT2D eigenvalue weighted by Crippen LogP contribution is -2.29. The standard InChI is InChI=1S/C10H15FN2O.C2H6/c1-7-4-8(11)9(12-5-7)13-6-10(2,3)14;1-2/h4-5,14H,6H2,1-3H3,(H,12,13);1-2H3. The Kier molecular flexibility index (Phi) is 5.96. The zero-order valence-electron chi connectivity index (χ0n) is 10.6. The highest BCUT2D eigenvalue weighted by atomic mass is 19.1. The molecule has 0 spiro atoms. The first kappa shape index (κ1) is 14.8. The first-order valence-electron chi connectivity index (χ1n) is 5.47. The van der Waals surface area contributed by atoms with Gasteiger partial charge in [-0.15, -0.1) is 0 Å². The van der Waals surface area contributed by atoms with Crippen LogP contribution in [0.3, 0.4) is 0 Å². The topological polar surface area (TPSA) is 45.2 Å². The summed E-state index contributed by atoms with van der Waals surface area (Å²) in [5.41, 5.74) is -0.102. The van der Waals surface area contributed by atoms with Gasteiger partial charge in [0.05, 0.1) is 5.60 Å². The highest BCUT2D eigenvalue weighted by Gasteiger charge is 2.13. The van der Waals surface area contributed by atoms with E-state index in [4.69, 9.17) is 0 Å². The van der Waals surface area contributed by atoms with Crippen molar-refractivity contribution in [2.45, 2.75) is 40.2 Å². The van der Waals surface area contributed by atoms with Crippen molar-refractivity contribution in [1.82, 2.24) is 4.98 Å². The van der Waals surface area contributed by atoms with Gasteiger partial charge in [0.1, 0.15) is 0 Å². The van der Waals surface area contributed by atoms with E-state index in [-0.39, 0.29) is 12.4 Å². The van der Waals surface area contributed by atoms with Crippen LogP contribution in [0.25, 0.3) is 0 Å². The second-order valence-corrected chi connectivity index (χ2v) is 4.01. The van der Waals surface area contributed by atoms with Gasteiger partial charge in [-0.2, -0.15) is 0 Å². The Morgan fingerprint density at radius 1 is 1.44 bits per heavy atom. The van der Waals surface area contributed by atoms with Gasteiger partial charge in [0, 0.05) is 12.7 Å². The molecule has 0 amide bonds. The third-order valence-corrected chi connectivity index (χ3v) is 1.67. The molecule has 0 saturated heterocycles. The molecule has 2 N–H and O–H groups in total. The van der Waals surface area contributed by atoms with E-state index in [0.29, 0.717) is 0 Å². The van der Waals surface area contributed by atoms with Crippen LogP contribution in [0.15, 0.2) is 12.3 Å². The van der Waals surface area contributed by atoms with Crippen LogP contribution < -0.4 is 5.32 Å². The second kappa shape index (κ2) is 6.43. The average Bonchev–Trinajstić information content (AvgIpc) is 2.18. The van der Waals surface area contributed by atoms with Crippen LogP contribution in [-0.2, 0) is 0 Å². The van der Waals surface area contributed by atoms with Gasteiger partial charge in [0.15, 0.2) is 11.6 Å². The van der Waals surface area contributed by atoms with Gasteiger partial charge in [0.25, 0.3) is 0 Å². The molecule has 0 bridgehead atoms. The highest BCUT2D eigenvalue weighted by molar-refractivity contribution is 5.37. The molecule has 0 radical (unpaired) electrons. The fraction of sp³-hybridized carbons (Fsp3) is 0.583. The largest absolute Gasteiger partial charge is 0.389 e. The van der Waals surface area contributed by atoms with Crippen molar-refractivity contribution < 1.29 is 9.50 Å². The van der Waals surface area contributed by atoms with Gasteiger partial charge in [-0.25, -0.2) is 9.37 Å². The molecule has 1 aromatic rings. The molecule has 0 atom stereocenters. The number of aryl methyl sites for hydroxylation is 1. The van der Waals surface area contributed by atoms with E-state index in [2.05, 4.69) is 10.3 Å². The van der Waals surface area contributed by atoms with Gasteiger partial charge >= 0.3 is 0 Å². The molecule has 0 fully saturated rings. The van der Waals surface area contributed by atoms with Crippen molar-refractivity contribution in [2.75, 3.05) is 11.9 Å². The smallest absolute Gasteiger partial charge is 0.165 e. The van der Waals surface area contributed by atoms with Crippen molar-refractivity contribution in [3.05, 3.63) is 23.6 Å². The number of halogens is 1. The molecule has 0 aromatic carbocycles. The first-order valence-corrected chi connectivity index (χ1v) is 5.47. The Hall–Kier alpha value is -1.16. The Balaban J connectivity index is 0.00000106. The summed E-state index contributed by atoms with van der Waals surface area (Å²) in [5.74, 6) is -0.216. The quantitative estimate of drug-likeness (QED) is 0.836. The maximum atomic E-state index is 13.2. The molecule has 4 heteroatoms. The average molecular weight is 228 g/mol. The van der Waals surface area contributed by atoms with Gasteiger partial charge in [-0.1, -0.05) is 13.8 Å². The highest BCUT2D eigenvalue weighted by Crippen LogP contribution is 2.12. The zero-order valence-corrected chi connectivity index (χ0v) is 10.6. The Morgan fingerprint density at radius 2 is 2.00 bits per heavy atom. The van der Waals surface area contributed by atoms with E-state index < -0.39 is 11.4 Å². The molecule has 0 aliphatic carbocycles. The summed E-state index contributed by atoms with van der Waals surface area (Å²) in [6, 6.07) is 1.40. The zero-order chi connectivity index (χ0) is 12.8. The third kappa shape index (κ3) is 5.66. The summed E-state index contributed by atoms with van der Waals surface area (Å²) in [4.78, 5) is 3.88. The van der Waals surface area contributed by atoms with Crippen molar-refractivity contribution >= 4 is 5.82 Å². The minimum atomic E-state index is -0.876. The summed E-state index contributed by atoms with van der Waals surface area (Å²) in [6.45, 7) is 9.33. The number of aromatic nitrogens is 1. The predicted octanol–water partition coefficient (Wildman–Crippen LogP) is 2.74. The van der Waals surface area contributed by atoms with Gasteiger partial charge in [0.2, 0.25) is 0 Å². The van der Waals surface area contributed by atoms with Gasteiger partial charge < -0.3 is 10.4 Å². The second-order valence-electron chi connectivity index (χ2n) is 4.01. The summed E-state index contributed by atoms with van der Waals surface area (Å²) in [6.07, 6.45) is 1.58. The third-order valence-electron chi connectivity index (χ3n) is 1.67. The molecule has 1 aromatic heterocycles. The van der Waals surface area contributed by atoms with Crippen LogP contribution in [-0.4, -0.2) is 22.2 Å². The van der Waals surface area contributed by atoms with E-state index in [0.717, 1.165) is 5.56 Å². The molecule has 92 valence electrons. The lowest BCUT2D eigenvalue weighted by molar-refractivity contribution is 0.0943. The van der Waals surface area contributed by atoms with E-state index in [1.165, 1.54) is 6.07 Å². The molecule has 0 unspecified atom stereocenters. The molecule has 1 heterocycles. The minimum Gasteiger partial charge on any atom is -0.389 e. The van der Waals surface area contributed by atoms with Crippen molar-refractivity contribution in [1.29, 1.82) is 0 Å². The van der Waals surface area contributed by atoms with Crippen LogP contribution in [0.1, 0.15) is 33.3 Å². The van der Waals surface area contributed by atoms with E-state index in [9.17, 15) is 9.50 Å². The van der Waals surface area contributed by atoms with E-state index in [1.54, 1.807) is 27.0 Å². The Bertz CT molecular complexity index is 321. The fourth-order valence-corrected chi connectivity index (χ4v) is 0.964. The van der Waals surface area contributed by atoms with Crippen molar-refractivity contribution in [2.24, 2.45) is 0 Å². The molecular formula is C12H21FN2O. The maximum absolute atomic E-state index is 13.2. The molecule has 0 aliphatic rings. The maximum Gasteiger partial charge on any atom is 0.165 e. The lowest BCUT2D eigenvalue weighted by Gasteiger charge is -2.18. The van der Waals surface area contributed by atoms with Gasteiger partial charge in [-0.3, -0.25) is 0 Å². The number of nitrogens with one attached hydrogen (secondary N) is 1. The molecule has 1 rings (SSSR count). The molecule has 0 saturated carbocycles. The Labute approximate surface area is 96.7 Å². The molecular weight excluding hydrogens is 207 g/mol. The van der Waals surface area contributed by atoms with E-state index in [1.807, 2.05) is 13.8 Å².